The lowest BCUT2D eigenvalue weighted by molar-refractivity contribution is 0.142. The van der Waals surface area contributed by atoms with Crippen LogP contribution in [0.4, 0.5) is 4.79 Å². The summed E-state index contributed by atoms with van der Waals surface area (Å²) in [4.78, 5) is 14.5. The third-order valence-electron chi connectivity index (χ3n) is 4.91. The van der Waals surface area contributed by atoms with E-state index in [0.29, 0.717) is 12.5 Å². The summed E-state index contributed by atoms with van der Waals surface area (Å²) in [5, 5.41) is 10.3. The monoisotopic (exact) mass is 296 g/mol. The third-order valence-corrected chi connectivity index (χ3v) is 4.91. The molecule has 1 fully saturated rings. The van der Waals surface area contributed by atoms with Gasteiger partial charge in [0, 0.05) is 17.5 Å². The molecular weight excluding hydrogens is 276 g/mol. The van der Waals surface area contributed by atoms with Crippen molar-refractivity contribution < 1.29 is 4.79 Å². The number of carbonyl (C=O) groups is 1. The fourth-order valence-electron chi connectivity index (χ4n) is 3.45. The van der Waals surface area contributed by atoms with Gasteiger partial charge in [-0.3, -0.25) is 5.10 Å². The van der Waals surface area contributed by atoms with Crippen molar-refractivity contribution in [3.8, 4) is 0 Å². The molecule has 1 aliphatic carbocycles. The third kappa shape index (κ3) is 2.00. The molecule has 1 aliphatic heterocycles. The van der Waals surface area contributed by atoms with Crippen LogP contribution >= 0.6 is 0 Å². The molecule has 1 saturated carbocycles. The molecule has 1 aromatic carbocycles. The number of nitrogens with one attached hydrogen (secondary N) is 2. The van der Waals surface area contributed by atoms with Gasteiger partial charge in [-0.25, -0.2) is 4.79 Å². The molecule has 5 nitrogen and oxygen atoms in total. The number of aromatic amines is 1. The summed E-state index contributed by atoms with van der Waals surface area (Å²) >= 11 is 0. The van der Waals surface area contributed by atoms with Crippen LogP contribution in [0, 0.1) is 0 Å². The van der Waals surface area contributed by atoms with Gasteiger partial charge < -0.3 is 10.2 Å². The van der Waals surface area contributed by atoms with E-state index in [0.717, 1.165) is 17.7 Å². The van der Waals surface area contributed by atoms with Gasteiger partial charge in [-0.15, -0.1) is 0 Å². The normalized spacial score (nSPS) is 24.9. The Bertz CT molecular complexity index is 706. The van der Waals surface area contributed by atoms with E-state index < -0.39 is 0 Å². The minimum absolute atomic E-state index is 0.0121. The maximum Gasteiger partial charge on any atom is 0.318 e. The molecule has 4 rings (SSSR count). The number of aromatic nitrogens is 2. The number of amides is 2. The first kappa shape index (κ1) is 13.4. The molecule has 22 heavy (non-hydrogen) atoms. The number of urea groups is 1. The average Bonchev–Trinajstić information content (AvgIpc) is 3.00. The maximum absolute atomic E-state index is 12.6. The minimum atomic E-state index is -0.340. The van der Waals surface area contributed by atoms with Gasteiger partial charge in [0.05, 0.1) is 24.0 Å². The van der Waals surface area contributed by atoms with Crippen molar-refractivity contribution in [3.05, 3.63) is 53.3 Å². The van der Waals surface area contributed by atoms with Crippen molar-refractivity contribution in [1.29, 1.82) is 0 Å². The van der Waals surface area contributed by atoms with Gasteiger partial charge in [0.1, 0.15) is 0 Å². The largest absolute Gasteiger partial charge is 0.335 e. The van der Waals surface area contributed by atoms with Crippen LogP contribution in [0.2, 0.25) is 0 Å². The van der Waals surface area contributed by atoms with Crippen molar-refractivity contribution >= 4 is 6.03 Å². The Morgan fingerprint density at radius 1 is 1.36 bits per heavy atom. The van der Waals surface area contributed by atoms with Gasteiger partial charge >= 0.3 is 6.03 Å². The van der Waals surface area contributed by atoms with E-state index in [4.69, 9.17) is 0 Å². The first-order chi connectivity index (χ1) is 10.6. The van der Waals surface area contributed by atoms with Crippen LogP contribution in [0.1, 0.15) is 43.0 Å². The van der Waals surface area contributed by atoms with Gasteiger partial charge in [0.2, 0.25) is 0 Å². The molecule has 114 valence electrons. The Balaban J connectivity index is 1.43. The molecule has 2 aromatic rings. The summed E-state index contributed by atoms with van der Waals surface area (Å²) in [6, 6.07) is 10.7. The number of H-pyrrole nitrogens is 1. The van der Waals surface area contributed by atoms with Crippen molar-refractivity contribution in [1.82, 2.24) is 20.4 Å². The molecular formula is C17H20N4O. The molecule has 2 atom stereocenters. The average molecular weight is 296 g/mol. The summed E-state index contributed by atoms with van der Waals surface area (Å²) in [6.45, 7) is 4.73. The van der Waals surface area contributed by atoms with E-state index in [1.54, 1.807) is 0 Å². The smallest absolute Gasteiger partial charge is 0.318 e. The van der Waals surface area contributed by atoms with Crippen molar-refractivity contribution in [2.75, 3.05) is 0 Å². The summed E-state index contributed by atoms with van der Waals surface area (Å²) in [7, 11) is 0. The Hall–Kier alpha value is -2.30. The second-order valence-electron chi connectivity index (χ2n) is 6.72. The van der Waals surface area contributed by atoms with Gasteiger partial charge in [-0.05, 0) is 25.8 Å². The van der Waals surface area contributed by atoms with Crippen LogP contribution in [0.15, 0.2) is 36.5 Å². The number of benzene rings is 1. The van der Waals surface area contributed by atoms with Crippen molar-refractivity contribution in [2.45, 2.75) is 44.3 Å². The van der Waals surface area contributed by atoms with Crippen LogP contribution in [-0.2, 0) is 12.1 Å². The van der Waals surface area contributed by atoms with Crippen LogP contribution in [0.5, 0.6) is 0 Å². The zero-order valence-corrected chi connectivity index (χ0v) is 12.8. The number of nitrogens with zero attached hydrogens (tertiary/aromatic N) is 2. The molecule has 2 amide bonds. The SMILES string of the molecule is CC1(C)c2[nH]ncc2CN1C(=O)N[C@@H]1C[C@H]1c1ccccc1. The van der Waals surface area contributed by atoms with Crippen LogP contribution < -0.4 is 5.32 Å². The highest BCUT2D eigenvalue weighted by Crippen LogP contribution is 2.42. The van der Waals surface area contributed by atoms with Gasteiger partial charge in [-0.2, -0.15) is 5.10 Å². The Kier molecular flexibility index (Phi) is 2.79. The van der Waals surface area contributed by atoms with E-state index in [2.05, 4.69) is 53.6 Å². The predicted molar refractivity (Wildman–Crippen MR) is 83.3 cm³/mol. The molecule has 2 N–H and O–H groups in total. The lowest BCUT2D eigenvalue weighted by Gasteiger charge is -2.32. The molecule has 1 aromatic heterocycles. The van der Waals surface area contributed by atoms with Crippen LogP contribution in [0.25, 0.3) is 0 Å². The number of hydrogen-bond donors (Lipinski definition) is 2. The fraction of sp³-hybridized carbons (Fsp3) is 0.412. The maximum atomic E-state index is 12.6. The molecule has 0 saturated heterocycles. The number of carbonyl (C=O) groups excluding carboxylic acids is 1. The quantitative estimate of drug-likeness (QED) is 0.895. The van der Waals surface area contributed by atoms with E-state index in [9.17, 15) is 4.79 Å². The number of fused-ring (bicyclic) bond motifs is 1. The van der Waals surface area contributed by atoms with Gasteiger partial charge in [0.25, 0.3) is 0 Å². The highest BCUT2D eigenvalue weighted by Gasteiger charge is 2.45. The molecule has 0 bridgehead atoms. The van der Waals surface area contributed by atoms with Gasteiger partial charge in [0.15, 0.2) is 0 Å². The minimum Gasteiger partial charge on any atom is -0.335 e. The molecule has 2 aliphatic rings. The van der Waals surface area contributed by atoms with Gasteiger partial charge in [-0.1, -0.05) is 30.3 Å². The predicted octanol–water partition coefficient (Wildman–Crippen LogP) is 2.73. The zero-order chi connectivity index (χ0) is 15.3. The van der Waals surface area contributed by atoms with E-state index in [1.807, 2.05) is 17.2 Å². The first-order valence-electron chi connectivity index (χ1n) is 7.73. The second-order valence-corrected chi connectivity index (χ2v) is 6.72. The van der Waals surface area contributed by atoms with Crippen molar-refractivity contribution in [2.24, 2.45) is 0 Å². The molecule has 0 radical (unpaired) electrons. The second kappa shape index (κ2) is 4.60. The Morgan fingerprint density at radius 3 is 2.86 bits per heavy atom. The number of hydrogen-bond acceptors (Lipinski definition) is 2. The zero-order valence-electron chi connectivity index (χ0n) is 12.8. The molecule has 2 heterocycles. The van der Waals surface area contributed by atoms with E-state index in [1.165, 1.54) is 5.56 Å². The Labute approximate surface area is 129 Å². The van der Waals surface area contributed by atoms with E-state index in [-0.39, 0.29) is 17.6 Å². The highest BCUT2D eigenvalue weighted by molar-refractivity contribution is 5.77. The molecule has 0 spiro atoms. The summed E-state index contributed by atoms with van der Waals surface area (Å²) in [5.74, 6) is 0.454. The summed E-state index contributed by atoms with van der Waals surface area (Å²) in [6.07, 6.45) is 2.84. The molecule has 0 unspecified atom stereocenters. The summed E-state index contributed by atoms with van der Waals surface area (Å²) < 4.78 is 0. The van der Waals surface area contributed by atoms with E-state index >= 15 is 0 Å². The standard InChI is InChI=1S/C17H20N4O/c1-17(2)15-12(9-18-20-15)10-21(17)16(22)19-14-8-13(14)11-6-4-3-5-7-11/h3-7,9,13-14H,8,10H2,1-2H3,(H,18,20)(H,19,22)/t13-,14+/m0/s1. The molecule has 5 heteroatoms. The topological polar surface area (TPSA) is 61.0 Å². The lowest BCUT2D eigenvalue weighted by atomic mass is 10.0. The number of rotatable bonds is 2. The van der Waals surface area contributed by atoms with Crippen LogP contribution in [-0.4, -0.2) is 27.2 Å². The fourth-order valence-corrected chi connectivity index (χ4v) is 3.45. The van der Waals surface area contributed by atoms with Crippen LogP contribution in [0.3, 0.4) is 0 Å². The summed E-state index contributed by atoms with van der Waals surface area (Å²) in [5.41, 5.74) is 3.11. The highest BCUT2D eigenvalue weighted by atomic mass is 16.2. The first-order valence-corrected chi connectivity index (χ1v) is 7.73. The van der Waals surface area contributed by atoms with Crippen molar-refractivity contribution in [3.63, 3.8) is 0 Å². The Morgan fingerprint density at radius 2 is 2.14 bits per heavy atom. The lowest BCUT2D eigenvalue weighted by Crippen LogP contribution is -2.47.